The van der Waals surface area contributed by atoms with Crippen LogP contribution in [-0.4, -0.2) is 0 Å². The molecule has 9 aromatic rings. The van der Waals surface area contributed by atoms with Gasteiger partial charge in [-0.25, -0.2) is 0 Å². The fraction of sp³-hybridized carbons (Fsp3) is 0. The van der Waals surface area contributed by atoms with Gasteiger partial charge in [-0.3, -0.25) is 0 Å². The number of para-hydroxylation sites is 1. The Balaban J connectivity index is 1.46. The fourth-order valence-corrected chi connectivity index (χ4v) is 6.63. The smallest absolute Gasteiger partial charge is 0.143 e. The van der Waals surface area contributed by atoms with Crippen LogP contribution in [0.4, 0.5) is 0 Å². The number of rotatable bonds is 4. The van der Waals surface area contributed by atoms with Crippen LogP contribution < -0.4 is 0 Å². The molecule has 210 valence electrons. The summed E-state index contributed by atoms with van der Waals surface area (Å²) in [5.41, 5.74) is 4.75. The predicted octanol–water partition coefficient (Wildman–Crippen LogP) is 12.6. The van der Waals surface area contributed by atoms with Gasteiger partial charge in [0.1, 0.15) is 11.2 Å². The molecule has 0 unspecified atom stereocenters. The van der Waals surface area contributed by atoms with Crippen molar-refractivity contribution in [2.24, 2.45) is 0 Å². The van der Waals surface area contributed by atoms with Gasteiger partial charge in [0.05, 0.1) is 13.7 Å². The molecule has 0 spiro atoms. The largest absolute Gasteiger partial charge is 0.455 e. The van der Waals surface area contributed by atoms with E-state index in [2.05, 4.69) is 0 Å². The van der Waals surface area contributed by atoms with Gasteiger partial charge in [-0.1, -0.05) is 157 Å². The molecule has 1 nitrogen and oxygen atoms in total. The summed E-state index contributed by atoms with van der Waals surface area (Å²) in [6.07, 6.45) is 0. The highest BCUT2D eigenvalue weighted by Gasteiger charge is 2.23. The second-order valence-electron chi connectivity index (χ2n) is 10.8. The first-order chi connectivity index (χ1) is 26.5. The van der Waals surface area contributed by atoms with Gasteiger partial charge in [0.25, 0.3) is 0 Å². The van der Waals surface area contributed by atoms with Crippen LogP contribution in [0.15, 0.2) is 174 Å². The Morgan fingerprint density at radius 1 is 0.356 bits per heavy atom. The van der Waals surface area contributed by atoms with Crippen molar-refractivity contribution >= 4 is 43.5 Å². The quantitative estimate of drug-likeness (QED) is 0.188. The number of fused-ring (bicyclic) bond motifs is 5. The third kappa shape index (κ3) is 4.02. The van der Waals surface area contributed by atoms with E-state index in [4.69, 9.17) is 18.1 Å². The minimum Gasteiger partial charge on any atom is -0.455 e. The first-order valence-electron chi connectivity index (χ1n) is 19.6. The van der Waals surface area contributed by atoms with Gasteiger partial charge in [0, 0.05) is 16.3 Å². The van der Waals surface area contributed by atoms with Crippen LogP contribution in [0.5, 0.6) is 0 Å². The fourth-order valence-electron chi connectivity index (χ4n) is 6.63. The maximum Gasteiger partial charge on any atom is 0.143 e. The second-order valence-corrected chi connectivity index (χ2v) is 10.8. The Bertz CT molecular complexity index is 3000. The normalized spacial score (nSPS) is 14.7. The van der Waals surface area contributed by atoms with Gasteiger partial charge < -0.3 is 4.42 Å². The molecule has 0 aliphatic heterocycles. The lowest BCUT2D eigenvalue weighted by molar-refractivity contribution is 0.670. The number of benzene rings is 8. The summed E-state index contributed by atoms with van der Waals surface area (Å²) in [6, 6.07) is 30.3. The Kier molecular flexibility index (Phi) is 4.01. The summed E-state index contributed by atoms with van der Waals surface area (Å²) in [5.74, 6) is 0. The van der Waals surface area contributed by atoms with Crippen molar-refractivity contribution in [3.63, 3.8) is 0 Å². The first-order valence-corrected chi connectivity index (χ1v) is 14.6. The van der Waals surface area contributed by atoms with Crippen LogP contribution in [-0.2, 0) is 0 Å². The van der Waals surface area contributed by atoms with Crippen molar-refractivity contribution in [2.75, 3.05) is 0 Å². The van der Waals surface area contributed by atoms with Crippen molar-refractivity contribution in [1.29, 1.82) is 0 Å². The maximum atomic E-state index is 9.11. The molecule has 0 saturated carbocycles. The van der Waals surface area contributed by atoms with Crippen molar-refractivity contribution < 1.29 is 18.1 Å². The zero-order valence-corrected chi connectivity index (χ0v) is 23.8. The highest BCUT2D eigenvalue weighted by molar-refractivity contribution is 6.25. The SMILES string of the molecule is [2H]c1c([2H])c([2H])c(-c2ccccc2-c2c3ccccc3c(-c3ccc4c(oc5ccccc54)c3-c3c([2H])c([2H])c([2H])c([2H])c3[2H])c3ccccc23)c([2H])c1[2H]. The molecule has 8 aromatic carbocycles. The second kappa shape index (κ2) is 10.4. The van der Waals surface area contributed by atoms with Crippen LogP contribution >= 0.6 is 0 Å². The first kappa shape index (κ1) is 17.4. The minimum absolute atomic E-state index is 0.0226. The van der Waals surface area contributed by atoms with E-state index in [9.17, 15) is 0 Å². The van der Waals surface area contributed by atoms with Crippen LogP contribution in [0, 0.1) is 0 Å². The van der Waals surface area contributed by atoms with Crippen LogP contribution in [0.25, 0.3) is 88.0 Å². The van der Waals surface area contributed by atoms with Crippen molar-refractivity contribution in [3.05, 3.63) is 170 Å². The zero-order chi connectivity index (χ0) is 38.4. The van der Waals surface area contributed by atoms with Crippen molar-refractivity contribution in [2.45, 2.75) is 0 Å². The lowest BCUT2D eigenvalue weighted by Gasteiger charge is -2.21. The molecular weight excluding hydrogens is 544 g/mol. The van der Waals surface area contributed by atoms with Crippen molar-refractivity contribution in [3.8, 4) is 44.5 Å². The summed E-state index contributed by atoms with van der Waals surface area (Å²) >= 11 is 0. The summed E-state index contributed by atoms with van der Waals surface area (Å²) in [5, 5.41) is 4.73. The van der Waals surface area contributed by atoms with Gasteiger partial charge in [-0.2, -0.15) is 0 Å². The average molecular weight is 583 g/mol. The van der Waals surface area contributed by atoms with E-state index < -0.39 is 36.3 Å². The molecule has 9 rings (SSSR count). The molecule has 1 heterocycles. The van der Waals surface area contributed by atoms with Gasteiger partial charge in [-0.05, 0) is 72.6 Å². The van der Waals surface area contributed by atoms with E-state index >= 15 is 0 Å². The molecular formula is C44H28O. The molecule has 0 saturated heterocycles. The topological polar surface area (TPSA) is 13.1 Å². The summed E-state index contributed by atoms with van der Waals surface area (Å²) in [4.78, 5) is 0. The standard InChI is InChI=1S/C44H28O/c1-3-15-29(16-4-1)31-19-7-8-21-33(31)42-34-22-9-11-24-36(34)43(37-25-12-10-23-35(37)42)39-28-27-38-32-20-13-14-26-40(32)45-44(38)41(39)30-17-5-2-6-18-30/h1-28H/i1D,2D,3D,4D,5D,6D,15D,16D,17D,18D. The molecule has 0 bridgehead atoms. The lowest BCUT2D eigenvalue weighted by atomic mass is 9.82. The molecule has 0 aliphatic rings. The van der Waals surface area contributed by atoms with E-state index in [1.807, 2.05) is 97.1 Å². The minimum atomic E-state index is -0.491. The number of hydrogen-bond acceptors (Lipinski definition) is 1. The third-order valence-corrected chi connectivity index (χ3v) is 8.46. The van der Waals surface area contributed by atoms with Gasteiger partial charge in [0.2, 0.25) is 0 Å². The van der Waals surface area contributed by atoms with Gasteiger partial charge in [0.15, 0.2) is 0 Å². The number of hydrogen-bond donors (Lipinski definition) is 0. The molecule has 1 aromatic heterocycles. The Hall–Kier alpha value is -5.92. The molecule has 45 heavy (non-hydrogen) atoms. The molecule has 0 atom stereocenters. The Labute approximate surface area is 275 Å². The van der Waals surface area contributed by atoms with Crippen LogP contribution in [0.2, 0.25) is 0 Å². The third-order valence-electron chi connectivity index (χ3n) is 8.46. The van der Waals surface area contributed by atoms with Crippen molar-refractivity contribution in [1.82, 2.24) is 0 Å². The van der Waals surface area contributed by atoms with E-state index in [0.717, 1.165) is 43.4 Å². The molecule has 0 N–H and O–H groups in total. The van der Waals surface area contributed by atoms with Crippen LogP contribution in [0.3, 0.4) is 0 Å². The van der Waals surface area contributed by atoms with Gasteiger partial charge in [-0.15, -0.1) is 0 Å². The highest BCUT2D eigenvalue weighted by Crippen LogP contribution is 2.49. The monoisotopic (exact) mass is 582 g/mol. The summed E-state index contributed by atoms with van der Waals surface area (Å²) in [6.45, 7) is 0. The van der Waals surface area contributed by atoms with Crippen LogP contribution in [0.1, 0.15) is 13.7 Å². The molecule has 0 radical (unpaired) electrons. The van der Waals surface area contributed by atoms with E-state index in [-0.39, 0.29) is 35.3 Å². The molecule has 1 heteroatoms. The van der Waals surface area contributed by atoms with Gasteiger partial charge >= 0.3 is 0 Å². The van der Waals surface area contributed by atoms with E-state index in [0.29, 0.717) is 33.4 Å². The predicted molar refractivity (Wildman–Crippen MR) is 190 cm³/mol. The highest BCUT2D eigenvalue weighted by atomic mass is 16.3. The lowest BCUT2D eigenvalue weighted by Crippen LogP contribution is -1.94. The summed E-state index contributed by atoms with van der Waals surface area (Å²) < 4.78 is 93.1. The summed E-state index contributed by atoms with van der Waals surface area (Å²) in [7, 11) is 0. The molecule has 0 amide bonds. The van der Waals surface area contributed by atoms with E-state index in [1.165, 1.54) is 0 Å². The maximum absolute atomic E-state index is 9.11. The zero-order valence-electron chi connectivity index (χ0n) is 33.8. The molecule has 0 fully saturated rings. The number of furan rings is 1. The Morgan fingerprint density at radius 3 is 1.47 bits per heavy atom. The van der Waals surface area contributed by atoms with E-state index in [1.54, 1.807) is 12.1 Å². The molecule has 0 aliphatic carbocycles. The Morgan fingerprint density at radius 2 is 0.844 bits per heavy atom. The average Bonchev–Trinajstić information content (AvgIpc) is 3.59.